The van der Waals surface area contributed by atoms with Gasteiger partial charge in [-0.3, -0.25) is 0 Å². The number of rotatable bonds is 4. The van der Waals surface area contributed by atoms with Crippen LogP contribution in [0.1, 0.15) is 11.4 Å². The summed E-state index contributed by atoms with van der Waals surface area (Å²) in [5.74, 6) is 1.51. The van der Waals surface area contributed by atoms with E-state index in [-0.39, 0.29) is 5.75 Å². The SMILES string of the molecule is Cc1ccc2cccc(O)c2[n+]1C1(Oc2ccc(-c3ccccc3)cc2)Oc2cccc3ccc(C)[n+]1c23. The van der Waals surface area contributed by atoms with E-state index >= 15 is 0 Å². The first-order valence-corrected chi connectivity index (χ1v) is 12.7. The number of nitrogens with zero attached hydrogens (tertiary/aromatic N) is 2. The van der Waals surface area contributed by atoms with Crippen molar-refractivity contribution in [1.29, 1.82) is 0 Å². The number of hydrogen-bond acceptors (Lipinski definition) is 3. The molecular weight excluding hydrogens is 472 g/mol. The zero-order valence-corrected chi connectivity index (χ0v) is 21.1. The first-order valence-electron chi connectivity index (χ1n) is 12.7. The summed E-state index contributed by atoms with van der Waals surface area (Å²) in [6.45, 7) is 4.04. The molecule has 0 saturated heterocycles. The molecule has 38 heavy (non-hydrogen) atoms. The van der Waals surface area contributed by atoms with Gasteiger partial charge in [0.15, 0.2) is 17.1 Å². The lowest BCUT2D eigenvalue weighted by Gasteiger charge is -2.21. The number of phenols is 1. The number of aromatic hydroxyl groups is 1. The lowest BCUT2D eigenvalue weighted by atomic mass is 10.1. The van der Waals surface area contributed by atoms with Crippen LogP contribution in [0.4, 0.5) is 0 Å². The highest BCUT2D eigenvalue weighted by Gasteiger charge is 2.66. The normalized spacial score (nSPS) is 16.1. The van der Waals surface area contributed by atoms with Crippen LogP contribution in [0.25, 0.3) is 32.9 Å². The number of aryl methyl sites for hydroxylation is 2. The monoisotopic (exact) mass is 498 g/mol. The number of ether oxygens (including phenoxy) is 2. The van der Waals surface area contributed by atoms with E-state index < -0.39 is 6.03 Å². The number of phenolic OH excluding ortho intramolecular Hbond substituents is 1. The average Bonchev–Trinajstić information content (AvgIpc) is 3.28. The second-order valence-corrected chi connectivity index (χ2v) is 9.67. The minimum atomic E-state index is -1.45. The maximum Gasteiger partial charge on any atom is 0.715 e. The molecule has 7 rings (SSSR count). The van der Waals surface area contributed by atoms with E-state index in [4.69, 9.17) is 9.47 Å². The molecular formula is C33H26N2O3+2. The fourth-order valence-electron chi connectivity index (χ4n) is 5.52. The van der Waals surface area contributed by atoms with Gasteiger partial charge in [-0.05, 0) is 68.8 Å². The van der Waals surface area contributed by atoms with Crippen molar-refractivity contribution in [3.05, 3.63) is 127 Å². The Morgan fingerprint density at radius 1 is 0.605 bits per heavy atom. The molecule has 0 fully saturated rings. The molecule has 1 unspecified atom stereocenters. The predicted octanol–water partition coefficient (Wildman–Crippen LogP) is 6.14. The second kappa shape index (κ2) is 8.32. The highest BCUT2D eigenvalue weighted by molar-refractivity contribution is 5.83. The van der Waals surface area contributed by atoms with Gasteiger partial charge >= 0.3 is 6.03 Å². The quantitative estimate of drug-likeness (QED) is 0.297. The largest absolute Gasteiger partial charge is 0.715 e. The molecule has 184 valence electrons. The molecule has 5 heteroatoms. The van der Waals surface area contributed by atoms with Gasteiger partial charge in [-0.1, -0.05) is 54.6 Å². The molecule has 0 bridgehead atoms. The highest BCUT2D eigenvalue weighted by Crippen LogP contribution is 2.36. The zero-order chi connectivity index (χ0) is 25.9. The van der Waals surface area contributed by atoms with E-state index in [1.165, 1.54) is 0 Å². The molecule has 4 aromatic carbocycles. The molecule has 0 amide bonds. The molecule has 0 radical (unpaired) electrons. The minimum absolute atomic E-state index is 0.151. The van der Waals surface area contributed by atoms with Crippen molar-refractivity contribution in [2.24, 2.45) is 0 Å². The van der Waals surface area contributed by atoms with E-state index in [1.807, 2.05) is 85.1 Å². The van der Waals surface area contributed by atoms with Crippen molar-refractivity contribution in [2.45, 2.75) is 19.9 Å². The molecule has 6 aromatic rings. The van der Waals surface area contributed by atoms with Crippen molar-refractivity contribution in [1.82, 2.24) is 0 Å². The summed E-state index contributed by atoms with van der Waals surface area (Å²) in [4.78, 5) is 0. The summed E-state index contributed by atoms with van der Waals surface area (Å²) < 4.78 is 17.8. The third kappa shape index (κ3) is 3.25. The number of pyridine rings is 2. The smallest absolute Gasteiger partial charge is 0.502 e. The molecule has 0 aliphatic carbocycles. The van der Waals surface area contributed by atoms with Gasteiger partial charge in [0.2, 0.25) is 5.75 Å². The molecule has 1 aliphatic rings. The molecule has 2 aromatic heterocycles. The highest BCUT2D eigenvalue weighted by atomic mass is 16.7. The molecule has 5 nitrogen and oxygen atoms in total. The summed E-state index contributed by atoms with van der Waals surface area (Å²) in [5, 5.41) is 13.0. The van der Waals surface area contributed by atoms with Gasteiger partial charge in [0.25, 0.3) is 11.0 Å². The van der Waals surface area contributed by atoms with Crippen molar-refractivity contribution in [3.8, 4) is 28.4 Å². The summed E-state index contributed by atoms with van der Waals surface area (Å²) in [5.41, 5.74) is 5.63. The Labute approximate surface area is 220 Å². The van der Waals surface area contributed by atoms with Crippen molar-refractivity contribution in [2.75, 3.05) is 0 Å². The average molecular weight is 499 g/mol. The molecule has 1 atom stereocenters. The number of hydrogen-bond donors (Lipinski definition) is 1. The van der Waals surface area contributed by atoms with Gasteiger partial charge in [-0.15, -0.1) is 0 Å². The first kappa shape index (κ1) is 22.3. The van der Waals surface area contributed by atoms with E-state index in [1.54, 1.807) is 6.07 Å². The summed E-state index contributed by atoms with van der Waals surface area (Å²) in [6, 6.07) is 36.6. The van der Waals surface area contributed by atoms with E-state index in [0.717, 1.165) is 38.8 Å². The van der Waals surface area contributed by atoms with Crippen LogP contribution in [-0.4, -0.2) is 5.11 Å². The standard InChI is InChI=1S/C33H25N2O3/c1-22-14-16-26-10-6-12-29(36)31(26)34(22)33(35-23(2)15-17-27-11-7-13-30(38-33)32(27)35)37-28-20-18-25(19-21-28)24-8-4-3-5-9-24/h3-21H,1-2H3/q+1/p+1. The van der Waals surface area contributed by atoms with Gasteiger partial charge in [-0.2, -0.15) is 0 Å². The Bertz CT molecular complexity index is 1850. The maximum atomic E-state index is 11.1. The fourth-order valence-corrected chi connectivity index (χ4v) is 5.52. The van der Waals surface area contributed by atoms with E-state index in [9.17, 15) is 5.11 Å². The van der Waals surface area contributed by atoms with Crippen LogP contribution in [0.3, 0.4) is 0 Å². The summed E-state index contributed by atoms with van der Waals surface area (Å²) in [6.07, 6.45) is 0. The Hall–Kier alpha value is -4.90. The Morgan fingerprint density at radius 3 is 1.92 bits per heavy atom. The molecule has 1 aliphatic heterocycles. The van der Waals surface area contributed by atoms with Gasteiger partial charge in [0, 0.05) is 26.0 Å². The minimum Gasteiger partial charge on any atom is -0.502 e. The van der Waals surface area contributed by atoms with Crippen molar-refractivity contribution in [3.63, 3.8) is 0 Å². The van der Waals surface area contributed by atoms with Gasteiger partial charge in [0.05, 0.1) is 10.8 Å². The lowest BCUT2D eigenvalue weighted by Crippen LogP contribution is -2.79. The summed E-state index contributed by atoms with van der Waals surface area (Å²) >= 11 is 0. The van der Waals surface area contributed by atoms with Crippen LogP contribution in [-0.2, 0) is 6.03 Å². The molecule has 3 heterocycles. The van der Waals surface area contributed by atoms with Gasteiger partial charge < -0.3 is 14.6 Å². The van der Waals surface area contributed by atoms with Crippen molar-refractivity contribution >= 4 is 21.8 Å². The number of aromatic nitrogens is 2. The third-order valence-corrected chi connectivity index (χ3v) is 7.26. The van der Waals surface area contributed by atoms with Gasteiger partial charge in [-0.25, -0.2) is 0 Å². The number of fused-ring (bicyclic) bond motifs is 1. The molecule has 0 spiro atoms. The van der Waals surface area contributed by atoms with Crippen LogP contribution in [0.2, 0.25) is 0 Å². The molecule has 1 N–H and O–H groups in total. The van der Waals surface area contributed by atoms with Crippen LogP contribution < -0.4 is 18.6 Å². The van der Waals surface area contributed by atoms with Crippen molar-refractivity contribution < 1.29 is 23.7 Å². The number of para-hydroxylation sites is 2. The Morgan fingerprint density at radius 2 is 1.21 bits per heavy atom. The van der Waals surface area contributed by atoms with Crippen LogP contribution in [0, 0.1) is 13.8 Å². The zero-order valence-electron chi connectivity index (χ0n) is 21.1. The Kier molecular flexibility index (Phi) is 4.88. The first-order chi connectivity index (χ1) is 18.5. The van der Waals surface area contributed by atoms with Gasteiger partial charge in [0.1, 0.15) is 5.75 Å². The van der Waals surface area contributed by atoms with Crippen LogP contribution >= 0.6 is 0 Å². The maximum absolute atomic E-state index is 11.1. The summed E-state index contributed by atoms with van der Waals surface area (Å²) in [7, 11) is 0. The van der Waals surface area contributed by atoms with E-state index in [2.05, 4.69) is 47.0 Å². The third-order valence-electron chi connectivity index (χ3n) is 7.26. The topological polar surface area (TPSA) is 46.5 Å². The van der Waals surface area contributed by atoms with Crippen LogP contribution in [0.15, 0.2) is 115 Å². The predicted molar refractivity (Wildman–Crippen MR) is 146 cm³/mol. The Balaban J connectivity index is 1.50. The fraction of sp³-hybridized carbons (Fsp3) is 0.0909. The molecule has 0 saturated carbocycles. The lowest BCUT2D eigenvalue weighted by molar-refractivity contribution is -1.04. The van der Waals surface area contributed by atoms with E-state index in [0.29, 0.717) is 17.0 Å². The second-order valence-electron chi connectivity index (χ2n) is 9.67. The number of benzene rings is 4. The van der Waals surface area contributed by atoms with Crippen LogP contribution in [0.5, 0.6) is 17.2 Å².